The van der Waals surface area contributed by atoms with E-state index in [1.807, 2.05) is 0 Å². The molecule has 0 aromatic rings. The third-order valence-corrected chi connectivity index (χ3v) is 4.01. The normalized spacial score (nSPS) is 31.3. The second-order valence-electron chi connectivity index (χ2n) is 5.55. The highest BCUT2D eigenvalue weighted by Gasteiger charge is 2.30. The first kappa shape index (κ1) is 15.8. The van der Waals surface area contributed by atoms with Crippen LogP contribution in [-0.2, 0) is 4.74 Å². The van der Waals surface area contributed by atoms with Crippen LogP contribution in [0.25, 0.3) is 0 Å². The maximum Gasteiger partial charge on any atom is 0.411 e. The fourth-order valence-corrected chi connectivity index (χ4v) is 2.57. The molecular weight excluding hydrogens is 245 g/mol. The van der Waals surface area contributed by atoms with E-state index >= 15 is 0 Å². The topological polar surface area (TPSA) is 29.5 Å². The Hall–Kier alpha value is -0.290. The van der Waals surface area contributed by atoms with Gasteiger partial charge in [0.2, 0.25) is 0 Å². The molecular formula is C13H23F3O2. The molecule has 1 saturated carbocycles. The highest BCUT2D eigenvalue weighted by molar-refractivity contribution is 4.79. The van der Waals surface area contributed by atoms with E-state index in [0.717, 1.165) is 19.3 Å². The monoisotopic (exact) mass is 268 g/mol. The maximum absolute atomic E-state index is 11.8. The molecule has 108 valence electrons. The number of alkyl halides is 3. The molecule has 0 spiro atoms. The van der Waals surface area contributed by atoms with Gasteiger partial charge in [-0.15, -0.1) is 0 Å². The number of ether oxygens (including phenoxy) is 1. The Balaban J connectivity index is 2.19. The fraction of sp³-hybridized carbons (Fsp3) is 1.00. The summed E-state index contributed by atoms with van der Waals surface area (Å²) in [6, 6.07) is 0. The van der Waals surface area contributed by atoms with Crippen LogP contribution in [0.3, 0.4) is 0 Å². The standard InChI is InChI=1S/C13H23F3O2/c1-9-3-4-11(7-10(9)2)12(17)5-6-18-8-13(14,15)16/h9-12,17H,3-8H2,1-2H3. The highest BCUT2D eigenvalue weighted by Crippen LogP contribution is 2.35. The summed E-state index contributed by atoms with van der Waals surface area (Å²) in [5.74, 6) is 1.47. The van der Waals surface area contributed by atoms with Crippen LogP contribution in [0, 0.1) is 17.8 Å². The van der Waals surface area contributed by atoms with Gasteiger partial charge in [0.05, 0.1) is 6.10 Å². The van der Waals surface area contributed by atoms with Gasteiger partial charge in [-0.1, -0.05) is 20.3 Å². The Morgan fingerprint density at radius 2 is 1.89 bits per heavy atom. The minimum atomic E-state index is -4.28. The number of hydrogen-bond acceptors (Lipinski definition) is 2. The van der Waals surface area contributed by atoms with Gasteiger partial charge in [0.25, 0.3) is 0 Å². The van der Waals surface area contributed by atoms with Gasteiger partial charge in [0.1, 0.15) is 6.61 Å². The predicted octanol–water partition coefficient (Wildman–Crippen LogP) is 3.39. The van der Waals surface area contributed by atoms with E-state index in [1.54, 1.807) is 0 Å². The van der Waals surface area contributed by atoms with Crippen LogP contribution in [0.4, 0.5) is 13.2 Å². The Bertz CT molecular complexity index is 243. The second kappa shape index (κ2) is 6.75. The van der Waals surface area contributed by atoms with Crippen LogP contribution in [0.15, 0.2) is 0 Å². The van der Waals surface area contributed by atoms with Gasteiger partial charge in [0.15, 0.2) is 0 Å². The highest BCUT2D eigenvalue weighted by atomic mass is 19.4. The SMILES string of the molecule is CC1CCC(C(O)CCOCC(F)(F)F)CC1C. The first-order valence-electron chi connectivity index (χ1n) is 6.62. The predicted molar refractivity (Wildman–Crippen MR) is 63.2 cm³/mol. The fourth-order valence-electron chi connectivity index (χ4n) is 2.57. The molecule has 1 aliphatic rings. The number of halogens is 3. The van der Waals surface area contributed by atoms with E-state index in [2.05, 4.69) is 18.6 Å². The quantitative estimate of drug-likeness (QED) is 0.774. The maximum atomic E-state index is 11.8. The van der Waals surface area contributed by atoms with Gasteiger partial charge in [-0.3, -0.25) is 0 Å². The van der Waals surface area contributed by atoms with Crippen molar-refractivity contribution in [2.24, 2.45) is 17.8 Å². The molecule has 0 aromatic carbocycles. The van der Waals surface area contributed by atoms with Crippen molar-refractivity contribution in [3.63, 3.8) is 0 Å². The molecule has 0 aromatic heterocycles. The third kappa shape index (κ3) is 5.57. The van der Waals surface area contributed by atoms with Gasteiger partial charge in [-0.05, 0) is 37.0 Å². The summed E-state index contributed by atoms with van der Waals surface area (Å²) in [7, 11) is 0. The summed E-state index contributed by atoms with van der Waals surface area (Å²) in [5, 5.41) is 9.95. The second-order valence-corrected chi connectivity index (χ2v) is 5.55. The van der Waals surface area contributed by atoms with Crippen molar-refractivity contribution in [1.82, 2.24) is 0 Å². The van der Waals surface area contributed by atoms with E-state index in [0.29, 0.717) is 18.3 Å². The summed E-state index contributed by atoms with van der Waals surface area (Å²) >= 11 is 0. The van der Waals surface area contributed by atoms with Gasteiger partial charge < -0.3 is 9.84 Å². The lowest BCUT2D eigenvalue weighted by Crippen LogP contribution is -2.30. The lowest BCUT2D eigenvalue weighted by atomic mass is 9.73. The molecule has 0 radical (unpaired) electrons. The van der Waals surface area contributed by atoms with E-state index in [-0.39, 0.29) is 12.5 Å². The van der Waals surface area contributed by atoms with Crippen LogP contribution in [0.5, 0.6) is 0 Å². The Labute approximate surface area is 107 Å². The van der Waals surface area contributed by atoms with Gasteiger partial charge in [-0.2, -0.15) is 13.2 Å². The average molecular weight is 268 g/mol. The van der Waals surface area contributed by atoms with Crippen LogP contribution in [-0.4, -0.2) is 30.6 Å². The molecule has 2 nitrogen and oxygen atoms in total. The van der Waals surface area contributed by atoms with Gasteiger partial charge in [-0.25, -0.2) is 0 Å². The molecule has 1 aliphatic carbocycles. The van der Waals surface area contributed by atoms with Crippen LogP contribution in [0.1, 0.15) is 39.5 Å². The van der Waals surface area contributed by atoms with Crippen LogP contribution >= 0.6 is 0 Å². The molecule has 0 aliphatic heterocycles. The zero-order chi connectivity index (χ0) is 13.8. The minimum Gasteiger partial charge on any atom is -0.393 e. The smallest absolute Gasteiger partial charge is 0.393 e. The zero-order valence-electron chi connectivity index (χ0n) is 11.0. The number of aliphatic hydroxyl groups is 1. The van der Waals surface area contributed by atoms with Crippen LogP contribution in [0.2, 0.25) is 0 Å². The zero-order valence-corrected chi connectivity index (χ0v) is 11.0. The van der Waals surface area contributed by atoms with Crippen molar-refractivity contribution in [2.75, 3.05) is 13.2 Å². The summed E-state index contributed by atoms with van der Waals surface area (Å²) < 4.78 is 40.0. The van der Waals surface area contributed by atoms with Crippen molar-refractivity contribution in [2.45, 2.75) is 51.8 Å². The van der Waals surface area contributed by atoms with Gasteiger partial charge in [0, 0.05) is 6.61 Å². The number of aliphatic hydroxyl groups excluding tert-OH is 1. The van der Waals surface area contributed by atoms with Crippen molar-refractivity contribution in [3.8, 4) is 0 Å². The lowest BCUT2D eigenvalue weighted by molar-refractivity contribution is -0.175. The summed E-state index contributed by atoms with van der Waals surface area (Å²) in [4.78, 5) is 0. The number of hydrogen-bond donors (Lipinski definition) is 1. The summed E-state index contributed by atoms with van der Waals surface area (Å²) in [5.41, 5.74) is 0. The Kier molecular flexibility index (Phi) is 5.92. The molecule has 0 heterocycles. The molecule has 0 bridgehead atoms. The third-order valence-electron chi connectivity index (χ3n) is 4.01. The van der Waals surface area contributed by atoms with E-state index < -0.39 is 18.9 Å². The van der Waals surface area contributed by atoms with E-state index in [9.17, 15) is 18.3 Å². The van der Waals surface area contributed by atoms with Crippen molar-refractivity contribution < 1.29 is 23.0 Å². The minimum absolute atomic E-state index is 0.0267. The molecule has 0 saturated heterocycles. The molecule has 0 amide bonds. The average Bonchev–Trinajstić information content (AvgIpc) is 2.26. The molecule has 4 atom stereocenters. The van der Waals surface area contributed by atoms with Crippen molar-refractivity contribution in [1.29, 1.82) is 0 Å². The van der Waals surface area contributed by atoms with Crippen LogP contribution < -0.4 is 0 Å². The lowest BCUT2D eigenvalue weighted by Gasteiger charge is -2.34. The molecule has 18 heavy (non-hydrogen) atoms. The van der Waals surface area contributed by atoms with Gasteiger partial charge >= 0.3 is 6.18 Å². The molecule has 4 unspecified atom stereocenters. The molecule has 1 rings (SSSR count). The summed E-state index contributed by atoms with van der Waals surface area (Å²) in [6.45, 7) is 3.13. The Morgan fingerprint density at radius 3 is 2.44 bits per heavy atom. The Morgan fingerprint density at radius 1 is 1.22 bits per heavy atom. The van der Waals surface area contributed by atoms with E-state index in [4.69, 9.17) is 0 Å². The van der Waals surface area contributed by atoms with E-state index in [1.165, 1.54) is 0 Å². The molecule has 1 fully saturated rings. The first-order valence-corrected chi connectivity index (χ1v) is 6.62. The van der Waals surface area contributed by atoms with Crippen molar-refractivity contribution >= 4 is 0 Å². The largest absolute Gasteiger partial charge is 0.411 e. The first-order chi connectivity index (χ1) is 8.29. The van der Waals surface area contributed by atoms with Crippen molar-refractivity contribution in [3.05, 3.63) is 0 Å². The molecule has 5 heteroatoms. The summed E-state index contributed by atoms with van der Waals surface area (Å²) in [6.07, 6.45) is -1.50. The molecule has 1 N–H and O–H groups in total. The number of rotatable bonds is 5.